The number of carbonyl (C=O) groups is 2. The van der Waals surface area contributed by atoms with Gasteiger partial charge in [0.2, 0.25) is 5.91 Å². The molecule has 1 aliphatic heterocycles. The Hall–Kier alpha value is -1.68. The first kappa shape index (κ1) is 20.6. The highest BCUT2D eigenvalue weighted by Crippen LogP contribution is 2.23. The summed E-state index contributed by atoms with van der Waals surface area (Å²) in [6.45, 7) is 13.6. The summed E-state index contributed by atoms with van der Waals surface area (Å²) >= 11 is 0. The molecule has 0 unspecified atom stereocenters. The highest BCUT2D eigenvalue weighted by atomic mass is 16.2. The van der Waals surface area contributed by atoms with E-state index in [-0.39, 0.29) is 35.5 Å². The molecule has 1 aliphatic rings. The van der Waals surface area contributed by atoms with Gasteiger partial charge in [-0.15, -0.1) is 0 Å². The summed E-state index contributed by atoms with van der Waals surface area (Å²) in [7, 11) is 0. The molecule has 1 amide bonds. The molecule has 0 radical (unpaired) electrons. The minimum absolute atomic E-state index is 0.0272. The number of nitrogens with one attached hydrogen (secondary N) is 1. The number of Topliss-reactive ketones (excluding diaryl/α,β-unsaturated/α-hetero) is 1. The Kier molecular flexibility index (Phi) is 6.62. The average molecular weight is 359 g/mol. The van der Waals surface area contributed by atoms with Crippen LogP contribution in [-0.4, -0.2) is 41.8 Å². The van der Waals surface area contributed by atoms with E-state index in [1.54, 1.807) is 0 Å². The summed E-state index contributed by atoms with van der Waals surface area (Å²) in [5, 5.41) is 3.00. The van der Waals surface area contributed by atoms with Crippen molar-refractivity contribution in [3.63, 3.8) is 0 Å². The van der Waals surface area contributed by atoms with Gasteiger partial charge >= 0.3 is 0 Å². The lowest BCUT2D eigenvalue weighted by Crippen LogP contribution is -2.50. The fourth-order valence-corrected chi connectivity index (χ4v) is 3.37. The number of carbonyl (C=O) groups excluding carboxylic acids is 2. The van der Waals surface area contributed by atoms with E-state index in [4.69, 9.17) is 0 Å². The van der Waals surface area contributed by atoms with Crippen LogP contribution in [0.5, 0.6) is 0 Å². The van der Waals surface area contributed by atoms with Crippen LogP contribution in [0.15, 0.2) is 24.3 Å². The van der Waals surface area contributed by atoms with Crippen LogP contribution in [0.4, 0.5) is 0 Å². The van der Waals surface area contributed by atoms with Crippen LogP contribution in [-0.2, 0) is 10.2 Å². The fourth-order valence-electron chi connectivity index (χ4n) is 3.37. The van der Waals surface area contributed by atoms with E-state index in [2.05, 4.69) is 44.8 Å². The van der Waals surface area contributed by atoms with Crippen LogP contribution in [0, 0.1) is 0 Å². The van der Waals surface area contributed by atoms with E-state index in [9.17, 15) is 9.59 Å². The number of hydrogen-bond acceptors (Lipinski definition) is 3. The van der Waals surface area contributed by atoms with Gasteiger partial charge in [-0.2, -0.15) is 0 Å². The summed E-state index contributed by atoms with van der Waals surface area (Å²) in [5.74, 6) is -0.0173. The van der Waals surface area contributed by atoms with Gasteiger partial charge in [-0.3, -0.25) is 14.5 Å². The molecule has 0 atom stereocenters. The van der Waals surface area contributed by atoms with Crippen LogP contribution >= 0.6 is 0 Å². The molecule has 1 fully saturated rings. The van der Waals surface area contributed by atoms with Crippen LogP contribution in [0.3, 0.4) is 0 Å². The Labute approximate surface area is 158 Å². The van der Waals surface area contributed by atoms with Crippen molar-refractivity contribution in [3.05, 3.63) is 35.4 Å². The average Bonchev–Trinajstić information content (AvgIpc) is 3.13. The van der Waals surface area contributed by atoms with E-state index in [1.165, 1.54) is 18.4 Å². The molecule has 0 aromatic heterocycles. The molecule has 1 heterocycles. The number of benzene rings is 1. The molecule has 144 valence electrons. The van der Waals surface area contributed by atoms with Crippen molar-refractivity contribution in [2.45, 2.75) is 71.3 Å². The van der Waals surface area contributed by atoms with Gasteiger partial charge in [0.15, 0.2) is 5.78 Å². The maximum atomic E-state index is 12.3. The standard InChI is InChI=1S/C22H34N2O2/c1-21(2,3)18-10-8-17(9-11-18)19(25)12-13-20(26)23-16-22(4,5)24-14-6-7-15-24/h8-11H,6-7,12-16H2,1-5H3,(H,23,26). The Morgan fingerprint density at radius 1 is 0.962 bits per heavy atom. The normalized spacial score (nSPS) is 15.9. The van der Waals surface area contributed by atoms with Gasteiger partial charge in [-0.25, -0.2) is 0 Å². The summed E-state index contributed by atoms with van der Waals surface area (Å²) in [4.78, 5) is 26.9. The van der Waals surface area contributed by atoms with Crippen molar-refractivity contribution in [2.24, 2.45) is 0 Å². The zero-order valence-electron chi connectivity index (χ0n) is 17.0. The van der Waals surface area contributed by atoms with Gasteiger partial charge in [0.05, 0.1) is 0 Å². The summed E-state index contributed by atoms with van der Waals surface area (Å²) in [6, 6.07) is 7.76. The second-order valence-corrected chi connectivity index (χ2v) is 9.03. The van der Waals surface area contributed by atoms with Crippen LogP contribution in [0.25, 0.3) is 0 Å². The lowest BCUT2D eigenvalue weighted by atomic mass is 9.86. The molecule has 0 spiro atoms. The summed E-state index contributed by atoms with van der Waals surface area (Å²) in [6.07, 6.45) is 2.97. The molecule has 0 bridgehead atoms. The van der Waals surface area contributed by atoms with Crippen molar-refractivity contribution in [2.75, 3.05) is 19.6 Å². The molecule has 2 rings (SSSR count). The van der Waals surface area contributed by atoms with E-state index < -0.39 is 0 Å². The van der Waals surface area contributed by atoms with Gasteiger partial charge < -0.3 is 5.32 Å². The highest BCUT2D eigenvalue weighted by molar-refractivity contribution is 5.98. The maximum Gasteiger partial charge on any atom is 0.220 e. The van der Waals surface area contributed by atoms with Gasteiger partial charge in [-0.1, -0.05) is 45.0 Å². The van der Waals surface area contributed by atoms with Crippen molar-refractivity contribution in [1.29, 1.82) is 0 Å². The van der Waals surface area contributed by atoms with Crippen LogP contribution in [0.1, 0.15) is 76.2 Å². The molecule has 4 heteroatoms. The smallest absolute Gasteiger partial charge is 0.220 e. The van der Waals surface area contributed by atoms with Crippen LogP contribution in [0.2, 0.25) is 0 Å². The van der Waals surface area contributed by atoms with Crippen molar-refractivity contribution < 1.29 is 9.59 Å². The quantitative estimate of drug-likeness (QED) is 0.751. The third kappa shape index (κ3) is 5.66. The Morgan fingerprint density at radius 3 is 2.08 bits per heavy atom. The predicted octanol–water partition coefficient (Wildman–Crippen LogP) is 3.94. The number of hydrogen-bond donors (Lipinski definition) is 1. The van der Waals surface area contributed by atoms with Crippen LogP contribution < -0.4 is 5.32 Å². The van der Waals surface area contributed by atoms with Crippen molar-refractivity contribution >= 4 is 11.7 Å². The third-order valence-corrected chi connectivity index (χ3v) is 5.33. The third-order valence-electron chi connectivity index (χ3n) is 5.33. The lowest BCUT2D eigenvalue weighted by Gasteiger charge is -2.35. The minimum atomic E-state index is -0.0445. The Morgan fingerprint density at radius 2 is 1.54 bits per heavy atom. The van der Waals surface area contributed by atoms with Crippen molar-refractivity contribution in [3.8, 4) is 0 Å². The molecule has 0 aliphatic carbocycles. The molecule has 0 saturated carbocycles. The molecule has 1 aromatic carbocycles. The first-order valence-corrected chi connectivity index (χ1v) is 9.75. The van der Waals surface area contributed by atoms with Gasteiger partial charge in [-0.05, 0) is 50.8 Å². The SMILES string of the molecule is CC(C)(C)c1ccc(C(=O)CCC(=O)NCC(C)(C)N2CCCC2)cc1. The van der Waals surface area contributed by atoms with E-state index >= 15 is 0 Å². The Bertz CT molecular complexity index is 621. The number of amides is 1. The largest absolute Gasteiger partial charge is 0.354 e. The van der Waals surface area contributed by atoms with Crippen molar-refractivity contribution in [1.82, 2.24) is 10.2 Å². The van der Waals surface area contributed by atoms with Gasteiger partial charge in [0.25, 0.3) is 0 Å². The van der Waals surface area contributed by atoms with E-state index in [0.29, 0.717) is 12.1 Å². The number of nitrogens with zero attached hydrogens (tertiary/aromatic N) is 1. The predicted molar refractivity (Wildman–Crippen MR) is 107 cm³/mol. The lowest BCUT2D eigenvalue weighted by molar-refractivity contribution is -0.121. The molecular formula is C22H34N2O2. The Balaban J connectivity index is 1.78. The monoisotopic (exact) mass is 358 g/mol. The fraction of sp³-hybridized carbons (Fsp3) is 0.636. The zero-order valence-corrected chi connectivity index (χ0v) is 17.0. The molecule has 4 nitrogen and oxygen atoms in total. The van der Waals surface area contributed by atoms with Gasteiger partial charge in [0, 0.05) is 30.5 Å². The second-order valence-electron chi connectivity index (χ2n) is 9.03. The highest BCUT2D eigenvalue weighted by Gasteiger charge is 2.29. The molecule has 26 heavy (non-hydrogen) atoms. The number of likely N-dealkylation sites (tertiary alicyclic amines) is 1. The van der Waals surface area contributed by atoms with Gasteiger partial charge in [0.1, 0.15) is 0 Å². The molecule has 1 saturated heterocycles. The molecular weight excluding hydrogens is 324 g/mol. The zero-order chi connectivity index (χ0) is 19.4. The number of rotatable bonds is 7. The summed E-state index contributed by atoms with van der Waals surface area (Å²) < 4.78 is 0. The maximum absolute atomic E-state index is 12.3. The molecule has 1 aromatic rings. The first-order chi connectivity index (χ1) is 12.1. The second kappa shape index (κ2) is 8.34. The first-order valence-electron chi connectivity index (χ1n) is 9.75. The summed E-state index contributed by atoms with van der Waals surface area (Å²) in [5.41, 5.74) is 1.93. The molecule has 1 N–H and O–H groups in total. The minimum Gasteiger partial charge on any atom is -0.354 e. The van der Waals surface area contributed by atoms with E-state index in [0.717, 1.165) is 13.1 Å². The topological polar surface area (TPSA) is 49.4 Å². The van der Waals surface area contributed by atoms with E-state index in [1.807, 2.05) is 24.3 Å². The number of ketones is 1.